The fourth-order valence-electron chi connectivity index (χ4n) is 3.25. The number of carboxylic acids is 1. The summed E-state index contributed by atoms with van der Waals surface area (Å²) in [6, 6.07) is -1.04. The van der Waals surface area contributed by atoms with Crippen molar-refractivity contribution in [3.8, 4) is 0 Å². The zero-order valence-corrected chi connectivity index (χ0v) is 15.5. The van der Waals surface area contributed by atoms with Gasteiger partial charge < -0.3 is 20.3 Å². The Morgan fingerprint density at radius 3 is 2.12 bits per heavy atom. The van der Waals surface area contributed by atoms with Crippen LogP contribution in [0, 0.1) is 11.3 Å². The third-order valence-corrected chi connectivity index (χ3v) is 4.76. The molecule has 3 N–H and O–H groups in total. The zero-order chi connectivity index (χ0) is 19.0. The lowest BCUT2D eigenvalue weighted by molar-refractivity contribution is -0.194. The monoisotopic (exact) mass is 357 g/mol. The molecule has 7 nitrogen and oxygen atoms in total. The Labute approximate surface area is 149 Å². The molecule has 0 radical (unpaired) electrons. The van der Waals surface area contributed by atoms with Gasteiger partial charge in [-0.05, 0) is 19.3 Å². The highest BCUT2D eigenvalue weighted by atomic mass is 16.7. The fourth-order valence-corrected chi connectivity index (χ4v) is 3.25. The minimum atomic E-state index is -1.04. The van der Waals surface area contributed by atoms with Crippen molar-refractivity contribution in [2.45, 2.75) is 84.5 Å². The van der Waals surface area contributed by atoms with E-state index < -0.39 is 35.7 Å². The van der Waals surface area contributed by atoms with Gasteiger partial charge in [-0.2, -0.15) is 0 Å². The Kier molecular flexibility index (Phi) is 8.35. The van der Waals surface area contributed by atoms with E-state index in [9.17, 15) is 19.5 Å². The molecule has 0 aromatic carbocycles. The SMILES string of the molecule is CCCC(OC(=O)C(C)C)OC(=O)C(N)C1(CC(=O)O)CCCCC1. The van der Waals surface area contributed by atoms with E-state index in [0.29, 0.717) is 25.7 Å². The second-order valence-corrected chi connectivity index (χ2v) is 7.22. The van der Waals surface area contributed by atoms with Crippen LogP contribution in [0.1, 0.15) is 72.1 Å². The molecule has 1 saturated carbocycles. The predicted molar refractivity (Wildman–Crippen MR) is 91.5 cm³/mol. The topological polar surface area (TPSA) is 116 Å². The Morgan fingerprint density at radius 2 is 1.64 bits per heavy atom. The van der Waals surface area contributed by atoms with Gasteiger partial charge in [-0.15, -0.1) is 0 Å². The highest BCUT2D eigenvalue weighted by molar-refractivity contribution is 5.79. The molecule has 7 heteroatoms. The summed E-state index contributed by atoms with van der Waals surface area (Å²) in [5.41, 5.74) is 5.34. The maximum atomic E-state index is 12.5. The Balaban J connectivity index is 2.82. The molecule has 1 rings (SSSR count). The molecular formula is C18H31NO6. The van der Waals surface area contributed by atoms with Gasteiger partial charge in [0, 0.05) is 11.8 Å². The van der Waals surface area contributed by atoms with Crippen molar-refractivity contribution in [2.75, 3.05) is 0 Å². The second kappa shape index (κ2) is 9.75. The quantitative estimate of drug-likeness (QED) is 0.481. The molecule has 0 heterocycles. The highest BCUT2D eigenvalue weighted by Crippen LogP contribution is 2.42. The molecule has 25 heavy (non-hydrogen) atoms. The van der Waals surface area contributed by atoms with E-state index in [1.54, 1.807) is 13.8 Å². The average molecular weight is 357 g/mol. The predicted octanol–water partition coefficient (Wildman–Crippen LogP) is 2.61. The number of carbonyl (C=O) groups is 3. The van der Waals surface area contributed by atoms with Crippen molar-refractivity contribution >= 4 is 17.9 Å². The van der Waals surface area contributed by atoms with Crippen LogP contribution in [0.3, 0.4) is 0 Å². The smallest absolute Gasteiger partial charge is 0.326 e. The largest absolute Gasteiger partial charge is 0.481 e. The number of ether oxygens (including phenoxy) is 2. The summed E-state index contributed by atoms with van der Waals surface area (Å²) in [6.45, 7) is 5.28. The summed E-state index contributed by atoms with van der Waals surface area (Å²) >= 11 is 0. The van der Waals surface area contributed by atoms with Gasteiger partial charge in [-0.25, -0.2) is 0 Å². The van der Waals surface area contributed by atoms with E-state index in [2.05, 4.69) is 0 Å². The molecule has 144 valence electrons. The summed E-state index contributed by atoms with van der Waals surface area (Å²) in [6.07, 6.45) is 3.76. The van der Waals surface area contributed by atoms with E-state index in [-0.39, 0.29) is 12.3 Å². The van der Waals surface area contributed by atoms with Crippen LogP contribution in [0.4, 0.5) is 0 Å². The van der Waals surface area contributed by atoms with Crippen molar-refractivity contribution < 1.29 is 29.0 Å². The van der Waals surface area contributed by atoms with Crippen LogP contribution in [-0.2, 0) is 23.9 Å². The van der Waals surface area contributed by atoms with Crippen molar-refractivity contribution in [2.24, 2.45) is 17.1 Å². The molecule has 1 aliphatic rings. The maximum Gasteiger partial charge on any atom is 0.326 e. The van der Waals surface area contributed by atoms with E-state index in [1.165, 1.54) is 0 Å². The molecular weight excluding hydrogens is 326 g/mol. The standard InChI is InChI=1S/C18H31NO6/c1-4-8-14(24-16(22)12(2)3)25-17(23)15(19)18(11-13(20)21)9-6-5-7-10-18/h12,14-15H,4-11,19H2,1-3H3,(H,20,21). The number of aliphatic carboxylic acids is 1. The summed E-state index contributed by atoms with van der Waals surface area (Å²) in [7, 11) is 0. The molecule has 0 aromatic heterocycles. The average Bonchev–Trinajstić information content (AvgIpc) is 2.54. The minimum absolute atomic E-state index is 0.159. The van der Waals surface area contributed by atoms with E-state index >= 15 is 0 Å². The molecule has 0 aliphatic heterocycles. The molecule has 1 fully saturated rings. The van der Waals surface area contributed by atoms with Crippen LogP contribution < -0.4 is 5.73 Å². The van der Waals surface area contributed by atoms with Crippen LogP contribution in [0.2, 0.25) is 0 Å². The third kappa shape index (κ3) is 6.30. The summed E-state index contributed by atoms with van der Waals surface area (Å²) in [5.74, 6) is -2.44. The van der Waals surface area contributed by atoms with E-state index in [0.717, 1.165) is 19.3 Å². The van der Waals surface area contributed by atoms with E-state index in [4.69, 9.17) is 15.2 Å². The van der Waals surface area contributed by atoms with Gasteiger partial charge in [0.05, 0.1) is 12.3 Å². The van der Waals surface area contributed by atoms with E-state index in [1.807, 2.05) is 6.92 Å². The number of carbonyl (C=O) groups excluding carboxylic acids is 2. The van der Waals surface area contributed by atoms with Crippen LogP contribution >= 0.6 is 0 Å². The number of hydrogen-bond acceptors (Lipinski definition) is 6. The van der Waals surface area contributed by atoms with Crippen molar-refractivity contribution in [1.29, 1.82) is 0 Å². The first kappa shape index (κ1) is 21.4. The Hall–Kier alpha value is -1.63. The van der Waals surface area contributed by atoms with Gasteiger partial charge in [0.1, 0.15) is 6.04 Å². The molecule has 2 atom stereocenters. The zero-order valence-electron chi connectivity index (χ0n) is 15.5. The second-order valence-electron chi connectivity index (χ2n) is 7.22. The minimum Gasteiger partial charge on any atom is -0.481 e. The van der Waals surface area contributed by atoms with Crippen LogP contribution in [0.15, 0.2) is 0 Å². The molecule has 1 aliphatic carbocycles. The lowest BCUT2D eigenvalue weighted by Gasteiger charge is -2.39. The molecule has 0 bridgehead atoms. The van der Waals surface area contributed by atoms with Crippen molar-refractivity contribution in [3.05, 3.63) is 0 Å². The lowest BCUT2D eigenvalue weighted by atomic mass is 9.67. The highest BCUT2D eigenvalue weighted by Gasteiger charge is 2.44. The first-order valence-electron chi connectivity index (χ1n) is 9.10. The fraction of sp³-hybridized carbons (Fsp3) is 0.833. The van der Waals surface area contributed by atoms with Gasteiger partial charge in [0.25, 0.3) is 0 Å². The molecule has 0 saturated heterocycles. The number of hydrogen-bond donors (Lipinski definition) is 2. The third-order valence-electron chi connectivity index (χ3n) is 4.76. The summed E-state index contributed by atoms with van der Waals surface area (Å²) in [4.78, 5) is 35.6. The van der Waals surface area contributed by atoms with Gasteiger partial charge in [-0.3, -0.25) is 14.4 Å². The number of nitrogens with two attached hydrogens (primary N) is 1. The van der Waals surface area contributed by atoms with Crippen LogP contribution in [0.5, 0.6) is 0 Å². The Bertz CT molecular complexity index is 470. The number of rotatable bonds is 9. The molecule has 0 spiro atoms. The van der Waals surface area contributed by atoms with Crippen LogP contribution in [-0.4, -0.2) is 35.3 Å². The maximum absolute atomic E-state index is 12.5. The number of carboxylic acid groups (broad SMARTS) is 1. The summed E-state index contributed by atoms with van der Waals surface area (Å²) < 4.78 is 10.6. The van der Waals surface area contributed by atoms with Gasteiger partial charge in [0.15, 0.2) is 0 Å². The molecule has 0 amide bonds. The Morgan fingerprint density at radius 1 is 1.08 bits per heavy atom. The van der Waals surface area contributed by atoms with Gasteiger partial charge >= 0.3 is 17.9 Å². The molecule has 2 unspecified atom stereocenters. The normalized spacial score (nSPS) is 19.1. The molecule has 0 aromatic rings. The van der Waals surface area contributed by atoms with Gasteiger partial charge in [-0.1, -0.05) is 40.0 Å². The van der Waals surface area contributed by atoms with Crippen molar-refractivity contribution in [1.82, 2.24) is 0 Å². The lowest BCUT2D eigenvalue weighted by Crippen LogP contribution is -2.51. The van der Waals surface area contributed by atoms with Gasteiger partial charge in [0.2, 0.25) is 6.29 Å². The van der Waals surface area contributed by atoms with Crippen molar-refractivity contribution in [3.63, 3.8) is 0 Å². The first-order valence-corrected chi connectivity index (χ1v) is 9.10. The summed E-state index contributed by atoms with van der Waals surface area (Å²) in [5, 5.41) is 9.23. The van der Waals surface area contributed by atoms with Crippen LogP contribution in [0.25, 0.3) is 0 Å². The first-order chi connectivity index (χ1) is 11.7. The number of esters is 2.